The van der Waals surface area contributed by atoms with Crippen LogP contribution < -0.4 is 5.32 Å². The first-order valence-electron chi connectivity index (χ1n) is 5.48. The van der Waals surface area contributed by atoms with Crippen molar-refractivity contribution in [3.63, 3.8) is 0 Å². The minimum Gasteiger partial charge on any atom is -0.468 e. The van der Waals surface area contributed by atoms with E-state index in [2.05, 4.69) is 10.3 Å². The molecule has 0 aliphatic heterocycles. The van der Waals surface area contributed by atoms with Gasteiger partial charge in [-0.3, -0.25) is 9.78 Å². The van der Waals surface area contributed by atoms with E-state index < -0.39 is 0 Å². The van der Waals surface area contributed by atoms with Crippen molar-refractivity contribution in [1.82, 2.24) is 10.3 Å². The van der Waals surface area contributed by atoms with Crippen LogP contribution in [0.25, 0.3) is 0 Å². The van der Waals surface area contributed by atoms with Gasteiger partial charge in [-0.2, -0.15) is 0 Å². The zero-order valence-electron chi connectivity index (χ0n) is 9.77. The summed E-state index contributed by atoms with van der Waals surface area (Å²) >= 11 is 0. The van der Waals surface area contributed by atoms with Gasteiger partial charge in [0.2, 0.25) is 0 Å². The number of ether oxygens (including phenoxy) is 1. The molecule has 0 saturated carbocycles. The minimum absolute atomic E-state index is 0.200. The van der Waals surface area contributed by atoms with Crippen molar-refractivity contribution in [2.24, 2.45) is 0 Å². The highest BCUT2D eigenvalue weighted by Crippen LogP contribution is 1.98. The maximum atomic E-state index is 11.3. The summed E-state index contributed by atoms with van der Waals surface area (Å²) in [7, 11) is 1.41. The fraction of sp³-hybridized carbons (Fsp3) is 0.500. The van der Waals surface area contributed by atoms with E-state index in [1.54, 1.807) is 6.20 Å². The number of carbonyl (C=O) groups excluding carboxylic acids is 1. The third-order valence-corrected chi connectivity index (χ3v) is 2.42. The fourth-order valence-corrected chi connectivity index (χ4v) is 1.47. The van der Waals surface area contributed by atoms with Gasteiger partial charge in [0, 0.05) is 18.9 Å². The van der Waals surface area contributed by atoms with Crippen LogP contribution in [-0.4, -0.2) is 30.6 Å². The Morgan fingerprint density at radius 3 is 3.00 bits per heavy atom. The topological polar surface area (TPSA) is 51.2 Å². The molecule has 0 saturated heterocycles. The van der Waals surface area contributed by atoms with E-state index in [1.165, 1.54) is 7.11 Å². The van der Waals surface area contributed by atoms with Crippen LogP contribution in [0, 0.1) is 0 Å². The van der Waals surface area contributed by atoms with E-state index in [0.717, 1.165) is 24.9 Å². The molecule has 1 aromatic heterocycles. The van der Waals surface area contributed by atoms with Gasteiger partial charge in [0.25, 0.3) is 0 Å². The average Bonchev–Trinajstić information content (AvgIpc) is 2.35. The van der Waals surface area contributed by atoms with Gasteiger partial charge in [-0.05, 0) is 24.5 Å². The molecule has 0 fully saturated rings. The van der Waals surface area contributed by atoms with Crippen LogP contribution in [0.3, 0.4) is 0 Å². The highest BCUT2D eigenvalue weighted by Gasteiger charge is 2.15. The molecule has 1 aromatic rings. The standard InChI is InChI=1S/C12H18N2O2/c1-3-11(12(15)16-2)14-8-6-10-5-4-7-13-9-10/h4-5,7,9,11,14H,3,6,8H2,1-2H3/t11-/m1/s1. The zero-order valence-corrected chi connectivity index (χ0v) is 9.77. The van der Waals surface area contributed by atoms with Crippen LogP contribution in [0.1, 0.15) is 18.9 Å². The van der Waals surface area contributed by atoms with Crippen molar-refractivity contribution in [1.29, 1.82) is 0 Å². The number of esters is 1. The largest absolute Gasteiger partial charge is 0.468 e. The number of nitrogens with zero attached hydrogens (tertiary/aromatic N) is 1. The van der Waals surface area contributed by atoms with Crippen LogP contribution in [-0.2, 0) is 16.0 Å². The summed E-state index contributed by atoms with van der Waals surface area (Å²) in [6.07, 6.45) is 5.18. The normalized spacial score (nSPS) is 12.1. The predicted molar refractivity (Wildman–Crippen MR) is 62.0 cm³/mol. The van der Waals surface area contributed by atoms with Crippen LogP contribution in [0.15, 0.2) is 24.5 Å². The molecule has 0 aromatic carbocycles. The van der Waals surface area contributed by atoms with Crippen LogP contribution in [0.5, 0.6) is 0 Å². The molecule has 4 heteroatoms. The van der Waals surface area contributed by atoms with Gasteiger partial charge >= 0.3 is 5.97 Å². The first kappa shape index (κ1) is 12.6. The van der Waals surface area contributed by atoms with Gasteiger partial charge in [0.15, 0.2) is 0 Å². The second-order valence-corrected chi connectivity index (χ2v) is 3.55. The third kappa shape index (κ3) is 3.98. The molecule has 1 rings (SSSR count). The SMILES string of the molecule is CC[C@@H](NCCc1cccnc1)C(=O)OC. The van der Waals surface area contributed by atoms with Crippen LogP contribution in [0.4, 0.5) is 0 Å². The van der Waals surface area contributed by atoms with E-state index >= 15 is 0 Å². The molecule has 0 amide bonds. The lowest BCUT2D eigenvalue weighted by Crippen LogP contribution is -2.38. The Kier molecular flexibility index (Phi) is 5.50. The van der Waals surface area contributed by atoms with Crippen molar-refractivity contribution in [3.05, 3.63) is 30.1 Å². The lowest BCUT2D eigenvalue weighted by atomic mass is 10.2. The summed E-state index contributed by atoms with van der Waals surface area (Å²) < 4.78 is 4.69. The summed E-state index contributed by atoms with van der Waals surface area (Å²) in [5.74, 6) is -0.200. The number of aromatic nitrogens is 1. The van der Waals surface area contributed by atoms with Gasteiger partial charge in [-0.25, -0.2) is 0 Å². The van der Waals surface area contributed by atoms with Crippen molar-refractivity contribution >= 4 is 5.97 Å². The lowest BCUT2D eigenvalue weighted by molar-refractivity contribution is -0.143. The Morgan fingerprint density at radius 2 is 2.44 bits per heavy atom. The molecule has 0 spiro atoms. The number of methoxy groups -OCH3 is 1. The van der Waals surface area contributed by atoms with E-state index in [-0.39, 0.29) is 12.0 Å². The second-order valence-electron chi connectivity index (χ2n) is 3.55. The summed E-state index contributed by atoms with van der Waals surface area (Å²) in [5.41, 5.74) is 1.16. The van der Waals surface area contributed by atoms with Crippen molar-refractivity contribution in [2.75, 3.05) is 13.7 Å². The number of rotatable bonds is 6. The first-order valence-corrected chi connectivity index (χ1v) is 5.48. The molecule has 0 radical (unpaired) electrons. The van der Waals surface area contributed by atoms with Gasteiger partial charge in [-0.15, -0.1) is 0 Å². The van der Waals surface area contributed by atoms with Gasteiger partial charge in [-0.1, -0.05) is 13.0 Å². The summed E-state index contributed by atoms with van der Waals surface area (Å²) in [5, 5.41) is 3.17. The number of pyridine rings is 1. The average molecular weight is 222 g/mol. The Morgan fingerprint density at radius 1 is 1.62 bits per heavy atom. The van der Waals surface area contributed by atoms with Crippen molar-refractivity contribution in [3.8, 4) is 0 Å². The highest BCUT2D eigenvalue weighted by molar-refractivity contribution is 5.75. The third-order valence-electron chi connectivity index (χ3n) is 2.42. The molecule has 0 aliphatic carbocycles. The highest BCUT2D eigenvalue weighted by atomic mass is 16.5. The van der Waals surface area contributed by atoms with Crippen LogP contribution >= 0.6 is 0 Å². The maximum absolute atomic E-state index is 11.3. The number of hydrogen-bond donors (Lipinski definition) is 1. The minimum atomic E-state index is -0.207. The number of hydrogen-bond acceptors (Lipinski definition) is 4. The quantitative estimate of drug-likeness (QED) is 0.734. The molecule has 0 aliphatic rings. The summed E-state index contributed by atoms with van der Waals surface area (Å²) in [6.45, 7) is 2.71. The molecule has 16 heavy (non-hydrogen) atoms. The Labute approximate surface area is 96.0 Å². The van der Waals surface area contributed by atoms with E-state index in [0.29, 0.717) is 0 Å². The zero-order chi connectivity index (χ0) is 11.8. The maximum Gasteiger partial charge on any atom is 0.322 e. The molecule has 1 N–H and O–H groups in total. The van der Waals surface area contributed by atoms with E-state index in [9.17, 15) is 4.79 Å². The fourth-order valence-electron chi connectivity index (χ4n) is 1.47. The lowest BCUT2D eigenvalue weighted by Gasteiger charge is -2.14. The Hall–Kier alpha value is -1.42. The molecule has 4 nitrogen and oxygen atoms in total. The molecule has 1 heterocycles. The smallest absolute Gasteiger partial charge is 0.322 e. The molecule has 0 bridgehead atoms. The van der Waals surface area contributed by atoms with Crippen LogP contribution in [0.2, 0.25) is 0 Å². The van der Waals surface area contributed by atoms with Crippen molar-refractivity contribution < 1.29 is 9.53 Å². The monoisotopic (exact) mass is 222 g/mol. The van der Waals surface area contributed by atoms with Gasteiger partial charge in [0.05, 0.1) is 7.11 Å². The second kappa shape index (κ2) is 6.95. The van der Waals surface area contributed by atoms with E-state index in [1.807, 2.05) is 25.3 Å². The molecular formula is C12H18N2O2. The molecule has 0 unspecified atom stereocenters. The number of nitrogens with one attached hydrogen (secondary N) is 1. The molecule has 1 atom stereocenters. The van der Waals surface area contributed by atoms with Gasteiger partial charge in [0.1, 0.15) is 6.04 Å². The Balaban J connectivity index is 2.31. The summed E-state index contributed by atoms with van der Waals surface area (Å²) in [6, 6.07) is 3.72. The predicted octanol–water partition coefficient (Wildman–Crippen LogP) is 1.17. The molecular weight excluding hydrogens is 204 g/mol. The number of carbonyl (C=O) groups is 1. The summed E-state index contributed by atoms with van der Waals surface area (Å²) in [4.78, 5) is 15.3. The van der Waals surface area contributed by atoms with E-state index in [4.69, 9.17) is 4.74 Å². The Bertz CT molecular complexity index is 314. The van der Waals surface area contributed by atoms with Gasteiger partial charge < -0.3 is 10.1 Å². The van der Waals surface area contributed by atoms with Crippen molar-refractivity contribution in [2.45, 2.75) is 25.8 Å². The first-order chi connectivity index (χ1) is 7.77. The molecule has 88 valence electrons.